The van der Waals surface area contributed by atoms with Crippen molar-refractivity contribution < 1.29 is 23.1 Å². The molecule has 2 rings (SSSR count). The van der Waals surface area contributed by atoms with Gasteiger partial charge in [-0.1, -0.05) is 37.5 Å². The average molecular weight is 311 g/mol. The Kier molecular flexibility index (Phi) is 4.43. The molecule has 114 valence electrons. The Bertz CT molecular complexity index is 647. The van der Waals surface area contributed by atoms with Gasteiger partial charge in [-0.05, 0) is 18.9 Å². The molecule has 1 aromatic rings. The summed E-state index contributed by atoms with van der Waals surface area (Å²) in [5.41, 5.74) is -1.46. The van der Waals surface area contributed by atoms with Gasteiger partial charge in [-0.15, -0.1) is 0 Å². The van der Waals surface area contributed by atoms with Crippen molar-refractivity contribution in [3.05, 3.63) is 29.8 Å². The number of aliphatic carboxylic acids is 1. The molecule has 0 unspecified atom stereocenters. The van der Waals surface area contributed by atoms with E-state index in [1.807, 2.05) is 0 Å². The number of carboxylic acids is 1. The largest absolute Gasteiger partial charge is 0.480 e. The van der Waals surface area contributed by atoms with Crippen molar-refractivity contribution in [3.63, 3.8) is 0 Å². The summed E-state index contributed by atoms with van der Waals surface area (Å²) in [6, 6.07) is 5.73. The van der Waals surface area contributed by atoms with Crippen LogP contribution in [0, 0.1) is 0 Å². The first kappa shape index (κ1) is 15.7. The van der Waals surface area contributed by atoms with E-state index in [0.717, 1.165) is 6.42 Å². The number of hydrogen-bond donors (Lipinski definition) is 2. The monoisotopic (exact) mass is 311 g/mol. The van der Waals surface area contributed by atoms with E-state index in [1.165, 1.54) is 18.2 Å². The summed E-state index contributed by atoms with van der Waals surface area (Å²) in [6.07, 6.45) is 3.16. The Hall–Kier alpha value is -1.73. The van der Waals surface area contributed by atoms with Crippen LogP contribution in [-0.2, 0) is 14.8 Å². The highest BCUT2D eigenvalue weighted by atomic mass is 32.2. The lowest BCUT2D eigenvalue weighted by Crippen LogP contribution is -2.55. The third-order valence-electron chi connectivity index (χ3n) is 3.78. The summed E-state index contributed by atoms with van der Waals surface area (Å²) in [5, 5.41) is 9.43. The first-order valence-electron chi connectivity index (χ1n) is 6.73. The molecule has 1 aliphatic rings. The quantitative estimate of drug-likeness (QED) is 0.804. The van der Waals surface area contributed by atoms with Gasteiger partial charge in [0, 0.05) is 5.56 Å². The lowest BCUT2D eigenvalue weighted by atomic mass is 9.83. The number of carbonyl (C=O) groups is 2. The second kappa shape index (κ2) is 5.95. The molecule has 1 aliphatic carbocycles. The van der Waals surface area contributed by atoms with Crippen LogP contribution in [0.15, 0.2) is 29.2 Å². The average Bonchev–Trinajstić information content (AvgIpc) is 2.47. The fourth-order valence-electron chi connectivity index (χ4n) is 2.65. The molecule has 0 aliphatic heterocycles. The second-order valence-corrected chi connectivity index (χ2v) is 6.86. The van der Waals surface area contributed by atoms with Gasteiger partial charge in [-0.2, -0.15) is 4.72 Å². The van der Waals surface area contributed by atoms with Crippen LogP contribution in [0.1, 0.15) is 42.5 Å². The van der Waals surface area contributed by atoms with E-state index < -0.39 is 21.5 Å². The zero-order valence-electron chi connectivity index (χ0n) is 11.4. The summed E-state index contributed by atoms with van der Waals surface area (Å²) < 4.78 is 27.2. The molecule has 7 heteroatoms. The van der Waals surface area contributed by atoms with Crippen molar-refractivity contribution in [1.29, 1.82) is 0 Å². The molecule has 2 N–H and O–H groups in total. The minimum absolute atomic E-state index is 0.0151. The van der Waals surface area contributed by atoms with Gasteiger partial charge >= 0.3 is 5.97 Å². The number of nitrogens with one attached hydrogen (secondary N) is 1. The molecule has 0 aromatic heterocycles. The van der Waals surface area contributed by atoms with E-state index in [1.54, 1.807) is 6.07 Å². The van der Waals surface area contributed by atoms with Gasteiger partial charge < -0.3 is 5.11 Å². The van der Waals surface area contributed by atoms with Crippen molar-refractivity contribution in [2.75, 3.05) is 0 Å². The molecule has 0 heterocycles. The molecular formula is C14H17NO5S. The van der Waals surface area contributed by atoms with E-state index in [4.69, 9.17) is 0 Å². The van der Waals surface area contributed by atoms with Gasteiger partial charge in [0.2, 0.25) is 10.0 Å². The molecule has 0 atom stereocenters. The lowest BCUT2D eigenvalue weighted by molar-refractivity contribution is -0.145. The fourth-order valence-corrected chi connectivity index (χ4v) is 4.25. The summed E-state index contributed by atoms with van der Waals surface area (Å²) in [5.74, 6) is -1.17. The standard InChI is InChI=1S/C14H17NO5S/c16-10-11-6-2-3-7-12(11)21(19,20)15-14(13(17)18)8-4-1-5-9-14/h2-3,6-7,10,15H,1,4-5,8-9H2,(H,17,18). The normalized spacial score (nSPS) is 18.1. The Morgan fingerprint density at radius 1 is 1.19 bits per heavy atom. The van der Waals surface area contributed by atoms with E-state index in [9.17, 15) is 23.1 Å². The van der Waals surface area contributed by atoms with Gasteiger partial charge in [-0.3, -0.25) is 9.59 Å². The van der Waals surface area contributed by atoms with Crippen molar-refractivity contribution in [1.82, 2.24) is 4.72 Å². The minimum atomic E-state index is -4.07. The summed E-state index contributed by atoms with van der Waals surface area (Å²) >= 11 is 0. The van der Waals surface area contributed by atoms with Crippen LogP contribution in [-0.4, -0.2) is 31.3 Å². The highest BCUT2D eigenvalue weighted by Gasteiger charge is 2.43. The number of carboxylic acid groups (broad SMARTS) is 1. The maximum atomic E-state index is 12.5. The first-order valence-corrected chi connectivity index (χ1v) is 8.21. The number of rotatable bonds is 5. The lowest BCUT2D eigenvalue weighted by Gasteiger charge is -2.33. The topological polar surface area (TPSA) is 101 Å². The van der Waals surface area contributed by atoms with Crippen molar-refractivity contribution in [2.24, 2.45) is 0 Å². The highest BCUT2D eigenvalue weighted by Crippen LogP contribution is 2.30. The Morgan fingerprint density at radius 3 is 2.38 bits per heavy atom. The van der Waals surface area contributed by atoms with E-state index in [0.29, 0.717) is 19.1 Å². The third-order valence-corrected chi connectivity index (χ3v) is 5.39. The van der Waals surface area contributed by atoms with Gasteiger partial charge in [0.1, 0.15) is 5.54 Å². The Morgan fingerprint density at radius 2 is 1.81 bits per heavy atom. The number of sulfonamides is 1. The third kappa shape index (κ3) is 3.14. The van der Waals surface area contributed by atoms with Crippen LogP contribution < -0.4 is 4.72 Å². The van der Waals surface area contributed by atoms with E-state index >= 15 is 0 Å². The van der Waals surface area contributed by atoms with Gasteiger partial charge in [-0.25, -0.2) is 8.42 Å². The van der Waals surface area contributed by atoms with Gasteiger partial charge in [0.15, 0.2) is 6.29 Å². The number of benzene rings is 1. The first-order chi connectivity index (χ1) is 9.91. The van der Waals surface area contributed by atoms with Crippen LogP contribution in [0.2, 0.25) is 0 Å². The highest BCUT2D eigenvalue weighted by molar-refractivity contribution is 7.89. The zero-order valence-corrected chi connectivity index (χ0v) is 12.2. The minimum Gasteiger partial charge on any atom is -0.480 e. The maximum Gasteiger partial charge on any atom is 0.324 e. The van der Waals surface area contributed by atoms with Crippen LogP contribution in [0.25, 0.3) is 0 Å². The van der Waals surface area contributed by atoms with Gasteiger partial charge in [0.05, 0.1) is 4.90 Å². The van der Waals surface area contributed by atoms with Crippen LogP contribution in [0.3, 0.4) is 0 Å². The molecule has 0 amide bonds. The molecule has 1 aromatic carbocycles. The molecule has 0 radical (unpaired) electrons. The Balaban J connectivity index is 2.39. The van der Waals surface area contributed by atoms with Gasteiger partial charge in [0.25, 0.3) is 0 Å². The maximum absolute atomic E-state index is 12.5. The molecule has 0 bridgehead atoms. The zero-order chi connectivity index (χ0) is 15.5. The second-order valence-electron chi connectivity index (χ2n) is 5.21. The summed E-state index contributed by atoms with van der Waals surface area (Å²) in [7, 11) is -4.07. The Labute approximate surface area is 123 Å². The van der Waals surface area contributed by atoms with Crippen LogP contribution >= 0.6 is 0 Å². The van der Waals surface area contributed by atoms with E-state index in [-0.39, 0.29) is 23.3 Å². The summed E-state index contributed by atoms with van der Waals surface area (Å²) in [6.45, 7) is 0. The molecule has 0 spiro atoms. The van der Waals surface area contributed by atoms with Crippen molar-refractivity contribution in [2.45, 2.75) is 42.5 Å². The molecule has 6 nitrogen and oxygen atoms in total. The van der Waals surface area contributed by atoms with Crippen LogP contribution in [0.4, 0.5) is 0 Å². The predicted octanol–water partition coefficient (Wildman–Crippen LogP) is 1.56. The summed E-state index contributed by atoms with van der Waals surface area (Å²) in [4.78, 5) is 22.3. The number of carbonyl (C=O) groups excluding carboxylic acids is 1. The number of aldehydes is 1. The fraction of sp³-hybridized carbons (Fsp3) is 0.429. The smallest absolute Gasteiger partial charge is 0.324 e. The number of hydrogen-bond acceptors (Lipinski definition) is 4. The van der Waals surface area contributed by atoms with Crippen molar-refractivity contribution in [3.8, 4) is 0 Å². The molecular weight excluding hydrogens is 294 g/mol. The molecule has 1 fully saturated rings. The predicted molar refractivity (Wildman–Crippen MR) is 75.6 cm³/mol. The van der Waals surface area contributed by atoms with E-state index in [2.05, 4.69) is 4.72 Å². The van der Waals surface area contributed by atoms with Crippen LogP contribution in [0.5, 0.6) is 0 Å². The SMILES string of the molecule is O=Cc1ccccc1S(=O)(=O)NC1(C(=O)O)CCCCC1. The molecule has 21 heavy (non-hydrogen) atoms. The molecule has 0 saturated heterocycles. The molecule has 1 saturated carbocycles. The van der Waals surface area contributed by atoms with Crippen molar-refractivity contribution >= 4 is 22.3 Å².